The Morgan fingerprint density at radius 1 is 1.50 bits per heavy atom. The topological polar surface area (TPSA) is 58.4 Å². The molecule has 0 saturated carbocycles. The predicted octanol–water partition coefficient (Wildman–Crippen LogP) is 3.36. The van der Waals surface area contributed by atoms with Crippen LogP contribution in [0.4, 0.5) is 17.1 Å². The summed E-state index contributed by atoms with van der Waals surface area (Å²) in [7, 11) is 2.03. The Morgan fingerprint density at radius 3 is 2.90 bits per heavy atom. The van der Waals surface area contributed by atoms with Crippen molar-refractivity contribution in [1.29, 1.82) is 0 Å². The molecule has 1 aliphatic heterocycles. The van der Waals surface area contributed by atoms with Crippen LogP contribution in [0.25, 0.3) is 0 Å². The second kappa shape index (κ2) is 6.83. The van der Waals surface area contributed by atoms with Crippen molar-refractivity contribution in [2.24, 2.45) is 0 Å². The maximum Gasteiger partial charge on any atom is 0.273 e. The number of nitrogens with one attached hydrogen (secondary N) is 1. The Labute approximate surface area is 123 Å². The summed E-state index contributed by atoms with van der Waals surface area (Å²) in [6.45, 7) is 2.90. The van der Waals surface area contributed by atoms with Gasteiger partial charge in [0, 0.05) is 48.9 Å². The highest BCUT2D eigenvalue weighted by Gasteiger charge is 2.22. The molecule has 1 aliphatic rings. The molecule has 5 nitrogen and oxygen atoms in total. The summed E-state index contributed by atoms with van der Waals surface area (Å²) in [5, 5.41) is 14.3. The Bertz CT molecular complexity index is 475. The molecule has 0 aromatic heterocycles. The third-order valence-corrected chi connectivity index (χ3v) is 4.70. The molecule has 110 valence electrons. The van der Waals surface area contributed by atoms with Gasteiger partial charge in [-0.05, 0) is 24.7 Å². The van der Waals surface area contributed by atoms with E-state index in [1.165, 1.54) is 5.75 Å². The second-order valence-corrected chi connectivity index (χ2v) is 6.20. The fourth-order valence-corrected chi connectivity index (χ4v) is 3.58. The smallest absolute Gasteiger partial charge is 0.273 e. The summed E-state index contributed by atoms with van der Waals surface area (Å²) in [6, 6.07) is 5.75. The largest absolute Gasteiger partial charge is 0.385 e. The lowest BCUT2D eigenvalue weighted by molar-refractivity contribution is -0.384. The summed E-state index contributed by atoms with van der Waals surface area (Å²) in [5.74, 6) is 2.27. The molecule has 2 rings (SSSR count). The van der Waals surface area contributed by atoms with Crippen LogP contribution in [-0.2, 0) is 0 Å². The first-order valence-corrected chi connectivity index (χ1v) is 8.11. The van der Waals surface area contributed by atoms with Crippen LogP contribution in [0.15, 0.2) is 18.2 Å². The number of thioether (sulfide) groups is 1. The van der Waals surface area contributed by atoms with Crippen molar-refractivity contribution in [3.63, 3.8) is 0 Å². The van der Waals surface area contributed by atoms with Gasteiger partial charge in [0.15, 0.2) is 0 Å². The third kappa shape index (κ3) is 3.56. The molecule has 1 N–H and O–H groups in total. The average Bonchev–Trinajstić information content (AvgIpc) is 2.98. The van der Waals surface area contributed by atoms with E-state index in [0.717, 1.165) is 36.5 Å². The van der Waals surface area contributed by atoms with Gasteiger partial charge in [0.1, 0.15) is 0 Å². The van der Waals surface area contributed by atoms with Crippen molar-refractivity contribution in [1.82, 2.24) is 0 Å². The number of nitro groups is 1. The minimum absolute atomic E-state index is 0.151. The molecule has 1 aromatic rings. The number of hydrogen-bond acceptors (Lipinski definition) is 5. The van der Waals surface area contributed by atoms with Crippen LogP contribution in [0.1, 0.15) is 19.8 Å². The minimum atomic E-state index is -0.322. The van der Waals surface area contributed by atoms with Gasteiger partial charge in [-0.15, -0.1) is 0 Å². The number of nitro benzene ring substituents is 1. The van der Waals surface area contributed by atoms with Crippen molar-refractivity contribution in [3.05, 3.63) is 28.3 Å². The zero-order valence-electron chi connectivity index (χ0n) is 12.0. The zero-order chi connectivity index (χ0) is 14.5. The number of non-ortho nitro benzene ring substituents is 1. The van der Waals surface area contributed by atoms with E-state index in [4.69, 9.17) is 0 Å². The van der Waals surface area contributed by atoms with Crippen LogP contribution in [-0.4, -0.2) is 36.1 Å². The second-order valence-electron chi connectivity index (χ2n) is 5.05. The van der Waals surface area contributed by atoms with Crippen molar-refractivity contribution < 1.29 is 4.92 Å². The summed E-state index contributed by atoms with van der Waals surface area (Å²) >= 11 is 1.94. The summed E-state index contributed by atoms with van der Waals surface area (Å²) in [5.41, 5.74) is 1.90. The van der Waals surface area contributed by atoms with E-state index in [9.17, 15) is 10.1 Å². The van der Waals surface area contributed by atoms with Gasteiger partial charge in [-0.1, -0.05) is 6.92 Å². The minimum Gasteiger partial charge on any atom is -0.385 e. The molecule has 0 amide bonds. The number of benzene rings is 1. The van der Waals surface area contributed by atoms with E-state index >= 15 is 0 Å². The first-order chi connectivity index (χ1) is 9.61. The molecule has 6 heteroatoms. The fraction of sp³-hybridized carbons (Fsp3) is 0.571. The van der Waals surface area contributed by atoms with Crippen molar-refractivity contribution in [2.45, 2.75) is 25.8 Å². The summed E-state index contributed by atoms with van der Waals surface area (Å²) in [6.07, 6.45) is 2.13. The third-order valence-electron chi connectivity index (χ3n) is 3.55. The lowest BCUT2D eigenvalue weighted by Crippen LogP contribution is -2.31. The molecule has 1 heterocycles. The number of rotatable bonds is 6. The van der Waals surface area contributed by atoms with Crippen molar-refractivity contribution >= 4 is 28.8 Å². The summed E-state index contributed by atoms with van der Waals surface area (Å²) in [4.78, 5) is 12.9. The molecule has 0 aliphatic carbocycles. The highest BCUT2D eigenvalue weighted by atomic mass is 32.2. The number of hydrogen-bond donors (Lipinski definition) is 1. The Balaban J connectivity index is 2.25. The van der Waals surface area contributed by atoms with Gasteiger partial charge in [-0.25, -0.2) is 0 Å². The monoisotopic (exact) mass is 295 g/mol. The highest BCUT2D eigenvalue weighted by molar-refractivity contribution is 7.99. The van der Waals surface area contributed by atoms with E-state index in [0.29, 0.717) is 6.04 Å². The van der Waals surface area contributed by atoms with Crippen LogP contribution in [0, 0.1) is 10.1 Å². The molecule has 0 spiro atoms. The van der Waals surface area contributed by atoms with Crippen LogP contribution in [0.3, 0.4) is 0 Å². The molecule has 0 bridgehead atoms. The SMILES string of the molecule is CCCNc1cc(N(C)C2CCSC2)cc([N+](=O)[O-])c1. The average molecular weight is 295 g/mol. The van der Waals surface area contributed by atoms with Gasteiger partial charge < -0.3 is 10.2 Å². The first kappa shape index (κ1) is 15.0. The van der Waals surface area contributed by atoms with Gasteiger partial charge in [0.05, 0.1) is 4.92 Å². The standard InChI is InChI=1S/C14H21N3O2S/c1-3-5-15-11-7-13(9-14(8-11)17(18)19)16(2)12-4-6-20-10-12/h7-9,12,15H,3-6,10H2,1-2H3. The lowest BCUT2D eigenvalue weighted by Gasteiger charge is -2.26. The van der Waals surface area contributed by atoms with Gasteiger partial charge in [0.2, 0.25) is 0 Å². The van der Waals surface area contributed by atoms with Crippen molar-refractivity contribution in [3.8, 4) is 0 Å². The van der Waals surface area contributed by atoms with E-state index < -0.39 is 0 Å². The van der Waals surface area contributed by atoms with E-state index in [-0.39, 0.29) is 10.6 Å². The predicted molar refractivity (Wildman–Crippen MR) is 86.0 cm³/mol. The summed E-state index contributed by atoms with van der Waals surface area (Å²) < 4.78 is 0. The van der Waals surface area contributed by atoms with Gasteiger partial charge in [-0.2, -0.15) is 11.8 Å². The molecular formula is C14H21N3O2S. The maximum absolute atomic E-state index is 11.1. The molecule has 1 fully saturated rings. The highest BCUT2D eigenvalue weighted by Crippen LogP contribution is 2.31. The molecular weight excluding hydrogens is 274 g/mol. The van der Waals surface area contributed by atoms with Crippen LogP contribution in [0.2, 0.25) is 0 Å². The number of anilines is 2. The Morgan fingerprint density at radius 2 is 2.30 bits per heavy atom. The van der Waals surface area contributed by atoms with Crippen LogP contribution < -0.4 is 10.2 Å². The first-order valence-electron chi connectivity index (χ1n) is 6.95. The quantitative estimate of drug-likeness (QED) is 0.644. The molecule has 1 saturated heterocycles. The van der Waals surface area contributed by atoms with Crippen LogP contribution in [0.5, 0.6) is 0 Å². The Hall–Kier alpha value is -1.43. The normalized spacial score (nSPS) is 18.0. The molecule has 0 radical (unpaired) electrons. The van der Waals surface area contributed by atoms with Crippen LogP contribution >= 0.6 is 11.8 Å². The van der Waals surface area contributed by atoms with E-state index in [2.05, 4.69) is 17.1 Å². The molecule has 1 unspecified atom stereocenters. The van der Waals surface area contributed by atoms with E-state index in [1.807, 2.05) is 24.9 Å². The molecule has 20 heavy (non-hydrogen) atoms. The van der Waals surface area contributed by atoms with Gasteiger partial charge >= 0.3 is 0 Å². The fourth-order valence-electron chi connectivity index (χ4n) is 2.31. The number of nitrogens with zero attached hydrogens (tertiary/aromatic N) is 2. The van der Waals surface area contributed by atoms with E-state index in [1.54, 1.807) is 12.1 Å². The zero-order valence-corrected chi connectivity index (χ0v) is 12.8. The van der Waals surface area contributed by atoms with Crippen molar-refractivity contribution in [2.75, 3.05) is 35.3 Å². The molecule has 1 atom stereocenters. The molecule has 1 aromatic carbocycles. The maximum atomic E-state index is 11.1. The van der Waals surface area contributed by atoms with Gasteiger partial charge in [-0.3, -0.25) is 10.1 Å². The lowest BCUT2D eigenvalue weighted by atomic mass is 10.1. The van der Waals surface area contributed by atoms with Gasteiger partial charge in [0.25, 0.3) is 5.69 Å². The Kier molecular flexibility index (Phi) is 5.11.